The molecule has 0 atom stereocenters. The van der Waals surface area contributed by atoms with Crippen LogP contribution in [0.15, 0.2) is 11.8 Å². The fourth-order valence-corrected chi connectivity index (χ4v) is 2.29. The molecule has 0 aromatic rings. The number of hydrogen-bond donors (Lipinski definition) is 0. The number of likely N-dealkylation sites (N-methyl/N-ethyl adjacent to an activating group) is 1. The van der Waals surface area contributed by atoms with Crippen LogP contribution in [0.2, 0.25) is 0 Å². The van der Waals surface area contributed by atoms with Crippen molar-refractivity contribution in [2.75, 3.05) is 32.7 Å². The highest BCUT2D eigenvalue weighted by atomic mass is 15.3. The van der Waals surface area contributed by atoms with Crippen molar-refractivity contribution >= 4 is 0 Å². The van der Waals surface area contributed by atoms with Crippen LogP contribution in [0, 0.1) is 0 Å². The molecule has 1 aliphatic heterocycles. The van der Waals surface area contributed by atoms with Gasteiger partial charge in [0.25, 0.3) is 0 Å². The van der Waals surface area contributed by atoms with Crippen LogP contribution in [0.3, 0.4) is 0 Å². The molecule has 2 rings (SSSR count). The van der Waals surface area contributed by atoms with Crippen molar-refractivity contribution in [3.8, 4) is 0 Å². The van der Waals surface area contributed by atoms with Crippen molar-refractivity contribution in [2.45, 2.75) is 26.2 Å². The van der Waals surface area contributed by atoms with Gasteiger partial charge in [0.1, 0.15) is 0 Å². The lowest BCUT2D eigenvalue weighted by molar-refractivity contribution is 0.163. The molecule has 13 heavy (non-hydrogen) atoms. The van der Waals surface area contributed by atoms with Gasteiger partial charge in [-0.3, -0.25) is 0 Å². The lowest BCUT2D eigenvalue weighted by Gasteiger charge is -2.36. The summed E-state index contributed by atoms with van der Waals surface area (Å²) in [4.78, 5) is 5.12. The standard InChI is InChI=1S/C11H20N2/c1-2-12-7-9-13(10-8-12)11-5-3-4-6-11/h5H,2-4,6-10H2,1H3. The molecule has 0 amide bonds. The smallest absolute Gasteiger partial charge is 0.0303 e. The fraction of sp³-hybridized carbons (Fsp3) is 0.818. The van der Waals surface area contributed by atoms with Gasteiger partial charge in [0.2, 0.25) is 0 Å². The minimum absolute atomic E-state index is 1.22. The minimum atomic E-state index is 1.22. The first-order chi connectivity index (χ1) is 6.40. The maximum atomic E-state index is 2.58. The Morgan fingerprint density at radius 1 is 1.23 bits per heavy atom. The Hall–Kier alpha value is -0.500. The summed E-state index contributed by atoms with van der Waals surface area (Å²) in [5, 5.41) is 0. The predicted molar refractivity (Wildman–Crippen MR) is 55.6 cm³/mol. The zero-order valence-corrected chi connectivity index (χ0v) is 8.63. The normalized spacial score (nSPS) is 25.0. The van der Waals surface area contributed by atoms with E-state index in [4.69, 9.17) is 0 Å². The third kappa shape index (κ3) is 2.05. The maximum absolute atomic E-state index is 2.58. The zero-order valence-electron chi connectivity index (χ0n) is 8.63. The third-order valence-corrected chi connectivity index (χ3v) is 3.24. The Labute approximate surface area is 81.2 Å². The number of nitrogens with zero attached hydrogens (tertiary/aromatic N) is 2. The highest BCUT2D eigenvalue weighted by Crippen LogP contribution is 2.22. The van der Waals surface area contributed by atoms with E-state index in [2.05, 4.69) is 22.8 Å². The van der Waals surface area contributed by atoms with Gasteiger partial charge in [0, 0.05) is 31.9 Å². The first kappa shape index (κ1) is 9.07. The summed E-state index contributed by atoms with van der Waals surface area (Å²) in [5.41, 5.74) is 1.62. The van der Waals surface area contributed by atoms with Crippen LogP contribution in [0.4, 0.5) is 0 Å². The molecule has 1 heterocycles. The highest BCUT2D eigenvalue weighted by Gasteiger charge is 2.18. The van der Waals surface area contributed by atoms with E-state index < -0.39 is 0 Å². The van der Waals surface area contributed by atoms with E-state index in [9.17, 15) is 0 Å². The van der Waals surface area contributed by atoms with E-state index in [-0.39, 0.29) is 0 Å². The molecule has 74 valence electrons. The predicted octanol–water partition coefficient (Wildman–Crippen LogP) is 1.69. The van der Waals surface area contributed by atoms with Gasteiger partial charge in [-0.2, -0.15) is 0 Å². The van der Waals surface area contributed by atoms with Gasteiger partial charge in [0.15, 0.2) is 0 Å². The van der Waals surface area contributed by atoms with Crippen molar-refractivity contribution < 1.29 is 0 Å². The summed E-state index contributed by atoms with van der Waals surface area (Å²) >= 11 is 0. The van der Waals surface area contributed by atoms with Gasteiger partial charge in [-0.05, 0) is 25.8 Å². The summed E-state index contributed by atoms with van der Waals surface area (Å²) < 4.78 is 0. The van der Waals surface area contributed by atoms with Gasteiger partial charge in [-0.15, -0.1) is 0 Å². The lowest BCUT2D eigenvalue weighted by Crippen LogP contribution is -2.45. The van der Waals surface area contributed by atoms with Crippen LogP contribution in [0.25, 0.3) is 0 Å². The summed E-state index contributed by atoms with van der Waals surface area (Å²) in [6.07, 6.45) is 6.44. The average Bonchev–Trinajstić information content (AvgIpc) is 2.71. The number of hydrogen-bond acceptors (Lipinski definition) is 2. The molecule has 0 aromatic carbocycles. The maximum Gasteiger partial charge on any atom is 0.0303 e. The molecule has 0 radical (unpaired) electrons. The fourth-order valence-electron chi connectivity index (χ4n) is 2.29. The van der Waals surface area contributed by atoms with Gasteiger partial charge in [0.05, 0.1) is 0 Å². The second-order valence-electron chi connectivity index (χ2n) is 4.01. The number of allylic oxidation sites excluding steroid dienone is 2. The Morgan fingerprint density at radius 3 is 2.54 bits per heavy atom. The van der Waals surface area contributed by atoms with E-state index in [1.54, 1.807) is 5.70 Å². The van der Waals surface area contributed by atoms with Crippen LogP contribution < -0.4 is 0 Å². The molecule has 2 heteroatoms. The molecule has 1 saturated heterocycles. The largest absolute Gasteiger partial charge is 0.373 e. The molecule has 2 aliphatic rings. The van der Waals surface area contributed by atoms with Gasteiger partial charge < -0.3 is 9.80 Å². The lowest BCUT2D eigenvalue weighted by atomic mass is 10.2. The highest BCUT2D eigenvalue weighted by molar-refractivity contribution is 5.07. The summed E-state index contributed by atoms with van der Waals surface area (Å²) in [6, 6.07) is 0. The van der Waals surface area contributed by atoms with Crippen LogP contribution >= 0.6 is 0 Å². The SMILES string of the molecule is CCN1CCN(C2=CCCC2)CC1. The molecule has 0 saturated carbocycles. The second-order valence-corrected chi connectivity index (χ2v) is 4.01. The van der Waals surface area contributed by atoms with Crippen LogP contribution in [-0.2, 0) is 0 Å². The minimum Gasteiger partial charge on any atom is -0.373 e. The van der Waals surface area contributed by atoms with E-state index in [0.29, 0.717) is 0 Å². The van der Waals surface area contributed by atoms with Crippen molar-refractivity contribution in [3.63, 3.8) is 0 Å². The Bertz CT molecular complexity index is 190. The Balaban J connectivity index is 1.83. The Morgan fingerprint density at radius 2 is 2.00 bits per heavy atom. The topological polar surface area (TPSA) is 6.48 Å². The van der Waals surface area contributed by atoms with E-state index in [1.165, 1.54) is 52.0 Å². The molecule has 0 aromatic heterocycles. The molecule has 0 N–H and O–H groups in total. The van der Waals surface area contributed by atoms with Crippen molar-refractivity contribution in [2.24, 2.45) is 0 Å². The van der Waals surface area contributed by atoms with Crippen molar-refractivity contribution in [1.82, 2.24) is 9.80 Å². The first-order valence-corrected chi connectivity index (χ1v) is 5.56. The zero-order chi connectivity index (χ0) is 9.10. The van der Waals surface area contributed by atoms with Crippen LogP contribution in [-0.4, -0.2) is 42.5 Å². The summed E-state index contributed by atoms with van der Waals surface area (Å²) in [7, 11) is 0. The molecular weight excluding hydrogens is 160 g/mol. The first-order valence-electron chi connectivity index (χ1n) is 5.56. The van der Waals surface area contributed by atoms with Gasteiger partial charge >= 0.3 is 0 Å². The third-order valence-electron chi connectivity index (χ3n) is 3.24. The van der Waals surface area contributed by atoms with Crippen LogP contribution in [0.5, 0.6) is 0 Å². The summed E-state index contributed by atoms with van der Waals surface area (Å²) in [5.74, 6) is 0. The molecule has 0 bridgehead atoms. The van der Waals surface area contributed by atoms with E-state index >= 15 is 0 Å². The van der Waals surface area contributed by atoms with Crippen molar-refractivity contribution in [3.05, 3.63) is 11.8 Å². The molecule has 2 nitrogen and oxygen atoms in total. The van der Waals surface area contributed by atoms with Gasteiger partial charge in [-0.25, -0.2) is 0 Å². The monoisotopic (exact) mass is 180 g/mol. The molecule has 1 aliphatic carbocycles. The van der Waals surface area contributed by atoms with E-state index in [0.717, 1.165) is 0 Å². The number of rotatable bonds is 2. The Kier molecular flexibility index (Phi) is 2.89. The van der Waals surface area contributed by atoms with Crippen LogP contribution in [0.1, 0.15) is 26.2 Å². The van der Waals surface area contributed by atoms with Crippen molar-refractivity contribution in [1.29, 1.82) is 0 Å². The molecule has 1 fully saturated rings. The average molecular weight is 180 g/mol. The quantitative estimate of drug-likeness (QED) is 0.638. The molecule has 0 spiro atoms. The number of piperazine rings is 1. The van der Waals surface area contributed by atoms with E-state index in [1.807, 2.05) is 0 Å². The van der Waals surface area contributed by atoms with Gasteiger partial charge in [-0.1, -0.05) is 13.0 Å². The molecule has 0 unspecified atom stereocenters. The molecular formula is C11H20N2. The second kappa shape index (κ2) is 4.14. The summed E-state index contributed by atoms with van der Waals surface area (Å²) in [6.45, 7) is 8.48.